The lowest BCUT2D eigenvalue weighted by molar-refractivity contribution is -0.117. The Morgan fingerprint density at radius 1 is 1.19 bits per heavy atom. The summed E-state index contributed by atoms with van der Waals surface area (Å²) in [7, 11) is 1.55. The topological polar surface area (TPSA) is 99.2 Å². The van der Waals surface area contributed by atoms with Crippen LogP contribution >= 0.6 is 11.3 Å². The Kier molecular flexibility index (Phi) is 5.68. The molecule has 0 atom stereocenters. The zero-order valence-electron chi connectivity index (χ0n) is 17.2. The maximum atomic E-state index is 12.7. The minimum atomic E-state index is -0.415. The van der Waals surface area contributed by atoms with Gasteiger partial charge in [-0.1, -0.05) is 11.2 Å². The molecule has 0 bridgehead atoms. The first-order valence-corrected chi connectivity index (χ1v) is 10.3. The Labute approximate surface area is 182 Å². The van der Waals surface area contributed by atoms with Crippen LogP contribution in [0.3, 0.4) is 0 Å². The first-order valence-electron chi connectivity index (χ1n) is 9.49. The largest absolute Gasteiger partial charge is 0.497 e. The molecule has 0 spiro atoms. The number of aryl methyl sites for hydroxylation is 2. The van der Waals surface area contributed by atoms with E-state index in [-0.39, 0.29) is 12.5 Å². The Hall–Kier alpha value is -3.72. The number of nitrogens with zero attached hydrogens (tertiary/aromatic N) is 3. The number of nitrogens with one attached hydrogen (secondary N) is 1. The monoisotopic (exact) mass is 436 g/mol. The van der Waals surface area contributed by atoms with Gasteiger partial charge in [0, 0.05) is 28.8 Å². The van der Waals surface area contributed by atoms with E-state index in [2.05, 4.69) is 15.6 Å². The predicted octanol–water partition coefficient (Wildman–Crippen LogP) is 3.89. The Morgan fingerprint density at radius 2 is 2.03 bits per heavy atom. The molecule has 9 heteroatoms. The second-order valence-electron chi connectivity index (χ2n) is 6.93. The van der Waals surface area contributed by atoms with E-state index in [1.54, 1.807) is 55.7 Å². The number of carbonyl (C=O) groups excluding carboxylic acids is 1. The summed E-state index contributed by atoms with van der Waals surface area (Å²) in [6.07, 6.45) is 0. The lowest BCUT2D eigenvalue weighted by atomic mass is 10.1. The molecule has 0 aliphatic carbocycles. The smallest absolute Gasteiger partial charge is 0.268 e. The van der Waals surface area contributed by atoms with Gasteiger partial charge in [0.15, 0.2) is 5.76 Å². The molecule has 3 heterocycles. The molecule has 0 aliphatic heterocycles. The van der Waals surface area contributed by atoms with Gasteiger partial charge in [-0.25, -0.2) is 4.68 Å². The van der Waals surface area contributed by atoms with Gasteiger partial charge in [-0.2, -0.15) is 5.10 Å². The number of carbonyl (C=O) groups is 1. The van der Waals surface area contributed by atoms with E-state index in [0.29, 0.717) is 34.1 Å². The first-order chi connectivity index (χ1) is 14.9. The van der Waals surface area contributed by atoms with Crippen molar-refractivity contribution in [2.45, 2.75) is 20.4 Å². The molecule has 4 rings (SSSR count). The molecule has 1 aromatic carbocycles. The normalized spacial score (nSPS) is 10.8. The number of hydrogen-bond acceptors (Lipinski definition) is 7. The Balaban J connectivity index is 1.68. The van der Waals surface area contributed by atoms with Crippen LogP contribution < -0.4 is 15.6 Å². The molecule has 3 aromatic heterocycles. The van der Waals surface area contributed by atoms with E-state index in [0.717, 1.165) is 14.4 Å². The minimum Gasteiger partial charge on any atom is -0.497 e. The van der Waals surface area contributed by atoms with Crippen LogP contribution in [-0.4, -0.2) is 28.0 Å². The highest BCUT2D eigenvalue weighted by Gasteiger charge is 2.19. The molecule has 8 nitrogen and oxygen atoms in total. The van der Waals surface area contributed by atoms with E-state index in [4.69, 9.17) is 9.26 Å². The van der Waals surface area contributed by atoms with E-state index in [1.165, 1.54) is 6.07 Å². The number of rotatable bonds is 6. The summed E-state index contributed by atoms with van der Waals surface area (Å²) >= 11 is 1.54. The van der Waals surface area contributed by atoms with Gasteiger partial charge in [0.25, 0.3) is 5.56 Å². The van der Waals surface area contributed by atoms with Crippen LogP contribution in [-0.2, 0) is 11.3 Å². The second-order valence-corrected chi connectivity index (χ2v) is 8.21. The van der Waals surface area contributed by atoms with E-state index >= 15 is 0 Å². The average molecular weight is 436 g/mol. The SMILES string of the molecule is COc1cccc(NC(=O)Cn2nc(-c3ccc(C)s3)c(-c3cc(C)no3)cc2=O)c1. The van der Waals surface area contributed by atoms with Gasteiger partial charge >= 0.3 is 0 Å². The van der Waals surface area contributed by atoms with Crippen LogP contribution in [0, 0.1) is 13.8 Å². The maximum Gasteiger partial charge on any atom is 0.268 e. The van der Waals surface area contributed by atoms with E-state index < -0.39 is 5.56 Å². The first kappa shape index (κ1) is 20.5. The summed E-state index contributed by atoms with van der Waals surface area (Å²) in [5.41, 5.74) is 1.95. The molecule has 158 valence electrons. The standard InChI is InChI=1S/C22H20N4O4S/c1-13-9-18(30-25-13)17-11-21(28)26(24-22(17)19-8-7-14(2)31-19)12-20(27)23-15-5-4-6-16(10-15)29-3/h4-11H,12H2,1-3H3,(H,23,27). The maximum absolute atomic E-state index is 12.7. The van der Waals surface area contributed by atoms with E-state index in [9.17, 15) is 9.59 Å². The summed E-state index contributed by atoms with van der Waals surface area (Å²) in [6, 6.07) is 14.1. The number of aromatic nitrogens is 3. The fraction of sp³-hybridized carbons (Fsp3) is 0.182. The van der Waals surface area contributed by atoms with Crippen molar-refractivity contribution >= 4 is 22.9 Å². The fourth-order valence-electron chi connectivity index (χ4n) is 3.06. The van der Waals surface area contributed by atoms with Crippen LogP contribution in [0.5, 0.6) is 5.75 Å². The fourth-order valence-corrected chi connectivity index (χ4v) is 3.93. The summed E-state index contributed by atoms with van der Waals surface area (Å²) in [5.74, 6) is 0.700. The lowest BCUT2D eigenvalue weighted by Gasteiger charge is -2.11. The molecule has 31 heavy (non-hydrogen) atoms. The van der Waals surface area contributed by atoms with Crippen LogP contribution in [0.25, 0.3) is 21.9 Å². The summed E-state index contributed by atoms with van der Waals surface area (Å²) in [4.78, 5) is 27.3. The number of hydrogen-bond donors (Lipinski definition) is 1. The molecule has 1 N–H and O–H groups in total. The molecule has 1 amide bonds. The number of ether oxygens (including phenoxy) is 1. The van der Waals surface area contributed by atoms with Gasteiger partial charge < -0.3 is 14.6 Å². The van der Waals surface area contributed by atoms with Crippen molar-refractivity contribution in [3.63, 3.8) is 0 Å². The zero-order chi connectivity index (χ0) is 22.0. The van der Waals surface area contributed by atoms with E-state index in [1.807, 2.05) is 19.1 Å². The molecule has 0 fully saturated rings. The third kappa shape index (κ3) is 4.56. The zero-order valence-corrected chi connectivity index (χ0v) is 18.0. The van der Waals surface area contributed by atoms with Gasteiger partial charge in [0.2, 0.25) is 5.91 Å². The molecule has 0 radical (unpaired) electrons. The molecule has 0 unspecified atom stereocenters. The number of benzene rings is 1. The number of anilines is 1. The van der Waals surface area contributed by atoms with Crippen LogP contribution in [0.15, 0.2) is 57.8 Å². The Bertz CT molecular complexity index is 1300. The minimum absolute atomic E-state index is 0.233. The van der Waals surface area contributed by atoms with Crippen molar-refractivity contribution in [1.82, 2.24) is 14.9 Å². The molecule has 0 saturated carbocycles. The van der Waals surface area contributed by atoms with Crippen molar-refractivity contribution in [3.8, 4) is 27.6 Å². The van der Waals surface area contributed by atoms with Crippen molar-refractivity contribution in [3.05, 3.63) is 69.5 Å². The average Bonchev–Trinajstić information content (AvgIpc) is 3.37. The third-order valence-corrected chi connectivity index (χ3v) is 5.52. The van der Waals surface area contributed by atoms with Crippen LogP contribution in [0.4, 0.5) is 5.69 Å². The summed E-state index contributed by atoms with van der Waals surface area (Å²) < 4.78 is 11.7. The van der Waals surface area contributed by atoms with Crippen molar-refractivity contribution in [2.24, 2.45) is 0 Å². The number of thiophene rings is 1. The van der Waals surface area contributed by atoms with Gasteiger partial charge in [0.1, 0.15) is 18.0 Å². The van der Waals surface area contributed by atoms with Crippen molar-refractivity contribution < 1.29 is 14.1 Å². The highest BCUT2D eigenvalue weighted by atomic mass is 32.1. The number of methoxy groups -OCH3 is 1. The summed E-state index contributed by atoms with van der Waals surface area (Å²) in [5, 5.41) is 11.2. The van der Waals surface area contributed by atoms with Gasteiger partial charge in [-0.05, 0) is 38.1 Å². The quantitative estimate of drug-likeness (QED) is 0.492. The lowest BCUT2D eigenvalue weighted by Crippen LogP contribution is -2.29. The van der Waals surface area contributed by atoms with Crippen LogP contribution in [0.2, 0.25) is 0 Å². The van der Waals surface area contributed by atoms with Gasteiger partial charge in [-0.3, -0.25) is 9.59 Å². The molecular weight excluding hydrogens is 416 g/mol. The van der Waals surface area contributed by atoms with Gasteiger partial charge in [0.05, 0.1) is 23.2 Å². The predicted molar refractivity (Wildman–Crippen MR) is 118 cm³/mol. The van der Waals surface area contributed by atoms with Crippen molar-refractivity contribution in [2.75, 3.05) is 12.4 Å². The van der Waals surface area contributed by atoms with Gasteiger partial charge in [-0.15, -0.1) is 11.3 Å². The second kappa shape index (κ2) is 8.57. The number of amides is 1. The van der Waals surface area contributed by atoms with Crippen LogP contribution in [0.1, 0.15) is 10.6 Å². The Morgan fingerprint density at radius 3 is 2.71 bits per heavy atom. The third-order valence-electron chi connectivity index (χ3n) is 4.51. The molecule has 0 saturated heterocycles. The molecular formula is C22H20N4O4S. The molecule has 0 aliphatic rings. The highest BCUT2D eigenvalue weighted by Crippen LogP contribution is 2.33. The highest BCUT2D eigenvalue weighted by molar-refractivity contribution is 7.15. The summed E-state index contributed by atoms with van der Waals surface area (Å²) in [6.45, 7) is 3.56. The van der Waals surface area contributed by atoms with Crippen molar-refractivity contribution in [1.29, 1.82) is 0 Å². The molecule has 4 aromatic rings.